The van der Waals surface area contributed by atoms with Gasteiger partial charge in [0.2, 0.25) is 0 Å². The van der Waals surface area contributed by atoms with Gasteiger partial charge in [-0.2, -0.15) is 13.2 Å². The number of benzene rings is 3. The molecule has 3 N–H and O–H groups in total. The third-order valence-corrected chi connectivity index (χ3v) is 7.94. The second kappa shape index (κ2) is 16.1. The van der Waals surface area contributed by atoms with E-state index in [2.05, 4.69) is 24.5 Å². The number of hydrogen-bond acceptors (Lipinski definition) is 4. The van der Waals surface area contributed by atoms with Crippen LogP contribution in [0.3, 0.4) is 0 Å². The van der Waals surface area contributed by atoms with E-state index in [4.69, 9.17) is 0 Å². The highest BCUT2D eigenvalue weighted by atomic mass is 35.5. The second-order valence-corrected chi connectivity index (χ2v) is 11.2. The average molecular weight is 632 g/mol. The largest absolute Gasteiger partial charge is 0.416 e. The van der Waals surface area contributed by atoms with Crippen molar-refractivity contribution in [2.45, 2.75) is 83.4 Å². The van der Waals surface area contributed by atoms with Crippen LogP contribution in [0.5, 0.6) is 0 Å². The Morgan fingerprint density at radius 1 is 0.955 bits per heavy atom. The third-order valence-electron chi connectivity index (χ3n) is 7.94. The molecule has 0 aliphatic carbocycles. The van der Waals surface area contributed by atoms with Gasteiger partial charge in [-0.3, -0.25) is 9.59 Å². The van der Waals surface area contributed by atoms with E-state index in [0.717, 1.165) is 43.4 Å². The minimum Gasteiger partial charge on any atom is -0.390 e. The fraction of sp³-hybridized carbons (Fsp3) is 0.412. The summed E-state index contributed by atoms with van der Waals surface area (Å²) in [4.78, 5) is 28.9. The van der Waals surface area contributed by atoms with Crippen LogP contribution in [-0.4, -0.2) is 46.6 Å². The highest BCUT2D eigenvalue weighted by molar-refractivity contribution is 6.04. The first-order valence-electron chi connectivity index (χ1n) is 14.9. The summed E-state index contributed by atoms with van der Waals surface area (Å²) < 4.78 is 39.3. The van der Waals surface area contributed by atoms with Gasteiger partial charge >= 0.3 is 6.18 Å². The number of fused-ring (bicyclic) bond motifs is 1. The monoisotopic (exact) mass is 631 g/mol. The molecule has 0 saturated carbocycles. The molecule has 3 aromatic rings. The smallest absolute Gasteiger partial charge is 0.390 e. The summed E-state index contributed by atoms with van der Waals surface area (Å²) in [5.41, 5.74) is 2.24. The van der Waals surface area contributed by atoms with Gasteiger partial charge in [0.15, 0.2) is 0 Å². The van der Waals surface area contributed by atoms with Crippen molar-refractivity contribution in [3.8, 4) is 0 Å². The Kier molecular flexibility index (Phi) is 12.8. The number of aliphatic hydroxyl groups excluding tert-OH is 1. The number of amides is 2. The Bertz CT molecular complexity index is 1380. The predicted molar refractivity (Wildman–Crippen MR) is 168 cm³/mol. The zero-order valence-corrected chi connectivity index (χ0v) is 25.9. The Morgan fingerprint density at radius 3 is 2.27 bits per heavy atom. The van der Waals surface area contributed by atoms with Crippen molar-refractivity contribution in [2.24, 2.45) is 0 Å². The fourth-order valence-electron chi connectivity index (χ4n) is 5.75. The molecule has 4 rings (SSSR count). The van der Waals surface area contributed by atoms with Crippen LogP contribution in [0.25, 0.3) is 0 Å². The molecule has 0 aromatic heterocycles. The first-order chi connectivity index (χ1) is 20.6. The molecule has 3 aromatic carbocycles. The molecule has 2 amide bonds. The van der Waals surface area contributed by atoms with Gasteiger partial charge in [0, 0.05) is 36.8 Å². The highest BCUT2D eigenvalue weighted by Crippen LogP contribution is 2.31. The van der Waals surface area contributed by atoms with Crippen LogP contribution < -0.4 is 10.6 Å². The maximum Gasteiger partial charge on any atom is 0.416 e. The number of hydrogen-bond donors (Lipinski definition) is 3. The van der Waals surface area contributed by atoms with Crippen LogP contribution in [0, 0.1) is 0 Å². The van der Waals surface area contributed by atoms with Gasteiger partial charge in [0.05, 0.1) is 17.7 Å². The number of nitrogens with one attached hydrogen (secondary N) is 2. The Balaban J connectivity index is 0.00000529. The molecule has 0 unspecified atom stereocenters. The third kappa shape index (κ3) is 8.83. The molecule has 0 bridgehead atoms. The van der Waals surface area contributed by atoms with Crippen molar-refractivity contribution in [2.75, 3.05) is 6.54 Å². The summed E-state index contributed by atoms with van der Waals surface area (Å²) >= 11 is 0. The summed E-state index contributed by atoms with van der Waals surface area (Å²) in [5, 5.41) is 17.2. The molecule has 238 valence electrons. The predicted octanol–water partition coefficient (Wildman–Crippen LogP) is 6.54. The van der Waals surface area contributed by atoms with Crippen LogP contribution in [0.1, 0.15) is 82.5 Å². The molecule has 2 atom stereocenters. The maximum atomic E-state index is 13.7. The van der Waals surface area contributed by atoms with Gasteiger partial charge in [0.1, 0.15) is 0 Å². The van der Waals surface area contributed by atoms with E-state index in [1.165, 1.54) is 6.07 Å². The summed E-state index contributed by atoms with van der Waals surface area (Å²) in [5.74, 6) is -0.442. The van der Waals surface area contributed by atoms with Crippen LogP contribution in [0.15, 0.2) is 72.8 Å². The van der Waals surface area contributed by atoms with Gasteiger partial charge in [-0.1, -0.05) is 81.3 Å². The van der Waals surface area contributed by atoms with Crippen LogP contribution in [-0.2, 0) is 25.7 Å². The van der Waals surface area contributed by atoms with E-state index in [1.807, 2.05) is 35.2 Å². The summed E-state index contributed by atoms with van der Waals surface area (Å²) in [6, 6.07) is 19.1. The number of carbonyl (C=O) groups is 2. The molecule has 1 aliphatic heterocycles. The first-order valence-corrected chi connectivity index (χ1v) is 14.9. The maximum absolute atomic E-state index is 13.7. The van der Waals surface area contributed by atoms with Crippen molar-refractivity contribution >= 4 is 24.2 Å². The molecule has 10 heteroatoms. The molecule has 6 nitrogen and oxygen atoms in total. The summed E-state index contributed by atoms with van der Waals surface area (Å²) in [7, 11) is 0. The van der Waals surface area contributed by atoms with E-state index >= 15 is 0 Å². The molecular formula is C34H41ClF3N3O3. The molecule has 1 heterocycles. The number of rotatable bonds is 14. The number of halogens is 4. The summed E-state index contributed by atoms with van der Waals surface area (Å²) in [6.45, 7) is 4.73. The molecule has 0 fully saturated rings. The van der Waals surface area contributed by atoms with E-state index in [0.29, 0.717) is 35.2 Å². The molecular weight excluding hydrogens is 591 g/mol. The lowest BCUT2D eigenvalue weighted by Crippen LogP contribution is -2.48. The standard InChI is InChI=1S/C34H40F3N3O3.ClH/c1-3-10-26(11-4-2)40-22-29-27(16-9-17-28(29)33(40)43)32(42)39-30(19-23-12-6-5-7-13-23)31(41)21-38-20-24-14-8-15-25(18-24)34(35,36)37;/h5-9,12-18,26,30-31,38,41H,3-4,10-11,19-22H2,1-2H3,(H,39,42);1H/t30-,31-;/m0./s1. The zero-order chi connectivity index (χ0) is 31.0. The average Bonchev–Trinajstić information content (AvgIpc) is 3.33. The van der Waals surface area contributed by atoms with Crippen molar-refractivity contribution in [1.82, 2.24) is 15.5 Å². The van der Waals surface area contributed by atoms with Crippen molar-refractivity contribution in [3.63, 3.8) is 0 Å². The van der Waals surface area contributed by atoms with E-state index < -0.39 is 23.9 Å². The van der Waals surface area contributed by atoms with E-state index in [-0.39, 0.29) is 43.4 Å². The van der Waals surface area contributed by atoms with Crippen LogP contribution in [0.4, 0.5) is 13.2 Å². The molecule has 0 spiro atoms. The van der Waals surface area contributed by atoms with Gasteiger partial charge in [-0.15, -0.1) is 12.4 Å². The van der Waals surface area contributed by atoms with Gasteiger partial charge in [-0.05, 0) is 54.2 Å². The van der Waals surface area contributed by atoms with Crippen molar-refractivity contribution in [1.29, 1.82) is 0 Å². The van der Waals surface area contributed by atoms with E-state index in [9.17, 15) is 27.9 Å². The Hall–Kier alpha value is -3.40. The number of alkyl halides is 3. The normalized spacial score (nSPS) is 14.2. The lowest BCUT2D eigenvalue weighted by Gasteiger charge is -2.27. The number of aliphatic hydroxyl groups is 1. The van der Waals surface area contributed by atoms with Gasteiger partial charge in [0.25, 0.3) is 11.8 Å². The topological polar surface area (TPSA) is 81.7 Å². The van der Waals surface area contributed by atoms with Crippen molar-refractivity contribution in [3.05, 3.63) is 106 Å². The summed E-state index contributed by atoms with van der Waals surface area (Å²) in [6.07, 6.45) is -1.43. The van der Waals surface area contributed by atoms with Crippen LogP contribution in [0.2, 0.25) is 0 Å². The van der Waals surface area contributed by atoms with Crippen molar-refractivity contribution < 1.29 is 27.9 Å². The fourth-order valence-corrected chi connectivity index (χ4v) is 5.75. The quantitative estimate of drug-likeness (QED) is 0.189. The van der Waals surface area contributed by atoms with Gasteiger partial charge < -0.3 is 20.6 Å². The Morgan fingerprint density at radius 2 is 1.61 bits per heavy atom. The number of carbonyl (C=O) groups excluding carboxylic acids is 2. The molecule has 1 aliphatic rings. The highest BCUT2D eigenvalue weighted by Gasteiger charge is 2.35. The first kappa shape index (κ1) is 35.1. The minimum atomic E-state index is -4.44. The zero-order valence-electron chi connectivity index (χ0n) is 25.1. The lowest BCUT2D eigenvalue weighted by molar-refractivity contribution is -0.137. The van der Waals surface area contributed by atoms with Gasteiger partial charge in [-0.25, -0.2) is 0 Å². The SMILES string of the molecule is CCCC(CCC)N1Cc2c(C(=O)N[C@@H](Cc3ccccc3)[C@@H](O)CNCc3cccc(C(F)(F)F)c3)cccc2C1=O.Cl. The molecule has 44 heavy (non-hydrogen) atoms. The van der Waals surface area contributed by atoms with E-state index in [1.54, 1.807) is 24.3 Å². The number of nitrogens with zero attached hydrogens (tertiary/aromatic N) is 1. The molecule has 0 saturated heterocycles. The minimum absolute atomic E-state index is 0. The molecule has 0 radical (unpaired) electrons. The van der Waals surface area contributed by atoms with Crippen LogP contribution >= 0.6 is 12.4 Å². The second-order valence-electron chi connectivity index (χ2n) is 11.2. The lowest BCUT2D eigenvalue weighted by atomic mass is 9.98. The Labute approximate surface area is 263 Å².